The highest BCUT2D eigenvalue weighted by Gasteiger charge is 2.08. The second-order valence-electron chi connectivity index (χ2n) is 3.50. The summed E-state index contributed by atoms with van der Waals surface area (Å²) in [6.45, 7) is 2.49. The number of nitrogens with one attached hydrogen (secondary N) is 1. The van der Waals surface area contributed by atoms with E-state index in [0.29, 0.717) is 12.1 Å². The molecule has 1 aromatic rings. The van der Waals surface area contributed by atoms with Gasteiger partial charge in [-0.3, -0.25) is 15.4 Å². The molecule has 0 heterocycles. The van der Waals surface area contributed by atoms with Gasteiger partial charge in [-0.1, -0.05) is 24.3 Å². The zero-order valence-electron chi connectivity index (χ0n) is 9.92. The van der Waals surface area contributed by atoms with Gasteiger partial charge in [0.25, 0.3) is 5.69 Å². The molecule has 1 atom stereocenters. The Bertz CT molecular complexity index is 404. The first-order chi connectivity index (χ1) is 8.15. The molecule has 17 heavy (non-hydrogen) atoms. The molecule has 0 aliphatic carbocycles. The summed E-state index contributed by atoms with van der Waals surface area (Å²) in [5, 5.41) is 13.8. The Morgan fingerprint density at radius 1 is 1.53 bits per heavy atom. The Morgan fingerprint density at radius 3 is 2.88 bits per heavy atom. The number of nitrogens with zero attached hydrogens (tertiary/aromatic N) is 1. The minimum atomic E-state index is -0.384. The number of methoxy groups -OCH3 is 1. The van der Waals surface area contributed by atoms with Gasteiger partial charge in [-0.05, 0) is 13.0 Å². The summed E-state index contributed by atoms with van der Waals surface area (Å²) in [6.07, 6.45) is 3.52. The predicted octanol–water partition coefficient (Wildman–Crippen LogP) is 2.19. The van der Waals surface area contributed by atoms with Gasteiger partial charge in [0.2, 0.25) is 0 Å². The first-order valence-corrected chi connectivity index (χ1v) is 5.31. The molecule has 0 spiro atoms. The molecule has 5 heteroatoms. The summed E-state index contributed by atoms with van der Waals surface area (Å²) in [5.41, 5.74) is 0.716. The Labute approximate surface area is 100 Å². The smallest absolute Gasteiger partial charge is 0.276 e. The molecule has 1 unspecified atom stereocenters. The molecule has 1 rings (SSSR count). The molecule has 1 aromatic carbocycles. The minimum absolute atomic E-state index is 0.0367. The zero-order chi connectivity index (χ0) is 12.7. The normalized spacial score (nSPS) is 12.8. The fourth-order valence-electron chi connectivity index (χ4n) is 1.30. The van der Waals surface area contributed by atoms with Crippen LogP contribution in [0, 0.1) is 10.1 Å². The lowest BCUT2D eigenvalue weighted by atomic mass is 10.1. The van der Waals surface area contributed by atoms with Crippen molar-refractivity contribution < 1.29 is 9.66 Å². The Morgan fingerprint density at radius 2 is 2.24 bits per heavy atom. The van der Waals surface area contributed by atoms with Crippen molar-refractivity contribution in [2.45, 2.75) is 13.2 Å². The Balaban J connectivity index is 2.62. The highest BCUT2D eigenvalue weighted by atomic mass is 16.6. The van der Waals surface area contributed by atoms with Crippen molar-refractivity contribution in [2.24, 2.45) is 0 Å². The molecule has 1 N–H and O–H groups in total. The van der Waals surface area contributed by atoms with E-state index in [1.165, 1.54) is 6.07 Å². The third-order valence-corrected chi connectivity index (χ3v) is 2.31. The van der Waals surface area contributed by atoms with Gasteiger partial charge in [-0.15, -0.1) is 0 Å². The van der Waals surface area contributed by atoms with Gasteiger partial charge in [-0.2, -0.15) is 0 Å². The van der Waals surface area contributed by atoms with Crippen molar-refractivity contribution in [1.29, 1.82) is 0 Å². The third-order valence-electron chi connectivity index (χ3n) is 2.31. The Hall–Kier alpha value is -1.72. The maximum Gasteiger partial charge on any atom is 0.276 e. The monoisotopic (exact) mass is 236 g/mol. The van der Waals surface area contributed by atoms with Crippen LogP contribution in [-0.2, 0) is 4.74 Å². The molecule has 0 aliphatic rings. The largest absolute Gasteiger partial charge is 0.367 e. The van der Waals surface area contributed by atoms with Crippen LogP contribution in [0.3, 0.4) is 0 Å². The highest BCUT2D eigenvalue weighted by molar-refractivity contribution is 5.60. The van der Waals surface area contributed by atoms with Crippen LogP contribution >= 0.6 is 0 Å². The first kappa shape index (κ1) is 13.3. The van der Waals surface area contributed by atoms with Crippen LogP contribution in [0.1, 0.15) is 12.5 Å². The molecular weight excluding hydrogens is 220 g/mol. The number of para-hydroxylation sites is 1. The summed E-state index contributed by atoms with van der Waals surface area (Å²) >= 11 is 0. The average molecular weight is 236 g/mol. The average Bonchev–Trinajstić information content (AvgIpc) is 2.34. The molecule has 0 aliphatic heterocycles. The summed E-state index contributed by atoms with van der Waals surface area (Å²) < 4.78 is 5.01. The van der Waals surface area contributed by atoms with Gasteiger partial charge >= 0.3 is 0 Å². The number of ether oxygens (including phenoxy) is 1. The molecule has 0 saturated heterocycles. The lowest BCUT2D eigenvalue weighted by Gasteiger charge is -2.08. The summed E-state index contributed by atoms with van der Waals surface area (Å²) in [7, 11) is 1.61. The van der Waals surface area contributed by atoms with Crippen LogP contribution in [0.2, 0.25) is 0 Å². The minimum Gasteiger partial charge on any atom is -0.367 e. The van der Waals surface area contributed by atoms with Gasteiger partial charge in [0, 0.05) is 19.7 Å². The maximum atomic E-state index is 10.7. The van der Waals surface area contributed by atoms with E-state index in [-0.39, 0.29) is 16.8 Å². The number of nitro benzene ring substituents is 1. The van der Waals surface area contributed by atoms with Crippen molar-refractivity contribution in [3.8, 4) is 0 Å². The highest BCUT2D eigenvalue weighted by Crippen LogP contribution is 2.18. The predicted molar refractivity (Wildman–Crippen MR) is 66.6 cm³/mol. The van der Waals surface area contributed by atoms with E-state index >= 15 is 0 Å². The molecular formula is C12H16N2O3. The second-order valence-corrected chi connectivity index (χ2v) is 3.50. The molecule has 0 amide bonds. The molecule has 0 bridgehead atoms. The number of rotatable bonds is 6. The van der Waals surface area contributed by atoms with E-state index in [2.05, 4.69) is 5.32 Å². The van der Waals surface area contributed by atoms with Crippen LogP contribution in [-0.4, -0.2) is 24.8 Å². The van der Waals surface area contributed by atoms with E-state index in [1.807, 2.05) is 13.0 Å². The number of nitro groups is 1. The van der Waals surface area contributed by atoms with E-state index in [0.717, 1.165) is 0 Å². The van der Waals surface area contributed by atoms with E-state index in [9.17, 15) is 10.1 Å². The van der Waals surface area contributed by atoms with E-state index < -0.39 is 0 Å². The fraction of sp³-hybridized carbons (Fsp3) is 0.333. The molecule has 92 valence electrons. The lowest BCUT2D eigenvalue weighted by molar-refractivity contribution is -0.385. The van der Waals surface area contributed by atoms with Crippen molar-refractivity contribution >= 4 is 11.8 Å². The van der Waals surface area contributed by atoms with Crippen LogP contribution in [0.25, 0.3) is 6.08 Å². The van der Waals surface area contributed by atoms with E-state index in [1.54, 1.807) is 31.4 Å². The maximum absolute atomic E-state index is 10.7. The molecule has 0 fully saturated rings. The zero-order valence-corrected chi connectivity index (χ0v) is 9.92. The van der Waals surface area contributed by atoms with Gasteiger partial charge in [-0.25, -0.2) is 0 Å². The second kappa shape index (κ2) is 6.78. The van der Waals surface area contributed by atoms with Crippen molar-refractivity contribution in [2.75, 3.05) is 13.7 Å². The quantitative estimate of drug-likeness (QED) is 0.467. The van der Waals surface area contributed by atoms with Crippen LogP contribution in [0.15, 0.2) is 30.3 Å². The fourth-order valence-corrected chi connectivity index (χ4v) is 1.30. The molecule has 0 radical (unpaired) electrons. The standard InChI is InChI=1S/C12H16N2O3/c1-10(17-2)13-9-5-7-11-6-3-4-8-12(11)14(15)16/h3-8,10,13H,9H2,1-2H3/b7-5+. The van der Waals surface area contributed by atoms with E-state index in [4.69, 9.17) is 4.74 Å². The molecule has 0 saturated carbocycles. The summed E-state index contributed by atoms with van der Waals surface area (Å²) in [5.74, 6) is 0. The van der Waals surface area contributed by atoms with Gasteiger partial charge in [0.05, 0.1) is 10.5 Å². The first-order valence-electron chi connectivity index (χ1n) is 5.31. The third kappa shape index (κ3) is 4.34. The van der Waals surface area contributed by atoms with Crippen molar-refractivity contribution in [1.82, 2.24) is 5.32 Å². The van der Waals surface area contributed by atoms with Crippen molar-refractivity contribution in [3.05, 3.63) is 46.0 Å². The Kier molecular flexibility index (Phi) is 5.32. The number of hydrogen-bond acceptors (Lipinski definition) is 4. The van der Waals surface area contributed by atoms with Crippen LogP contribution in [0.5, 0.6) is 0 Å². The molecule has 5 nitrogen and oxygen atoms in total. The van der Waals surface area contributed by atoms with Gasteiger partial charge in [0.15, 0.2) is 0 Å². The van der Waals surface area contributed by atoms with Gasteiger partial charge < -0.3 is 4.74 Å². The summed E-state index contributed by atoms with van der Waals surface area (Å²) in [6, 6.07) is 6.64. The van der Waals surface area contributed by atoms with Crippen LogP contribution in [0.4, 0.5) is 5.69 Å². The number of benzene rings is 1. The number of hydrogen-bond donors (Lipinski definition) is 1. The topological polar surface area (TPSA) is 64.4 Å². The SMILES string of the molecule is COC(C)NC/C=C/c1ccccc1[N+](=O)[O-]. The summed E-state index contributed by atoms with van der Waals surface area (Å²) in [4.78, 5) is 10.4. The van der Waals surface area contributed by atoms with Gasteiger partial charge in [0.1, 0.15) is 6.23 Å². The lowest BCUT2D eigenvalue weighted by Crippen LogP contribution is -2.27. The molecule has 0 aromatic heterocycles. The van der Waals surface area contributed by atoms with Crippen molar-refractivity contribution in [3.63, 3.8) is 0 Å². The van der Waals surface area contributed by atoms with Crippen LogP contribution < -0.4 is 5.32 Å².